The van der Waals surface area contributed by atoms with Gasteiger partial charge in [-0.1, -0.05) is 29.8 Å². The van der Waals surface area contributed by atoms with Crippen molar-refractivity contribution in [3.05, 3.63) is 64.9 Å². The number of fused-ring (bicyclic) bond motifs is 1. The first kappa shape index (κ1) is 13.5. The van der Waals surface area contributed by atoms with Crippen molar-refractivity contribution in [2.75, 3.05) is 5.43 Å². The average Bonchev–Trinajstić information content (AvgIpc) is 2.51. The van der Waals surface area contributed by atoms with Crippen molar-refractivity contribution in [3.8, 4) is 0 Å². The van der Waals surface area contributed by atoms with Crippen LogP contribution in [0.2, 0.25) is 5.02 Å². The standard InChI is InChI=1S/C16H13ClN4/c1-11-6-7-12(8-14(11)17)21-19-10-13-9-18-15-4-2-3-5-16(15)20-13/h2-10,21H,1H3/b19-10-. The highest BCUT2D eigenvalue weighted by Crippen LogP contribution is 2.19. The van der Waals surface area contributed by atoms with Gasteiger partial charge in [0.05, 0.1) is 29.1 Å². The first-order chi connectivity index (χ1) is 10.2. The summed E-state index contributed by atoms with van der Waals surface area (Å²) >= 11 is 6.06. The Balaban J connectivity index is 1.76. The van der Waals surface area contributed by atoms with Gasteiger partial charge in [-0.25, -0.2) is 4.98 Å². The number of nitrogens with one attached hydrogen (secondary N) is 1. The molecule has 0 spiro atoms. The van der Waals surface area contributed by atoms with E-state index in [1.807, 2.05) is 49.4 Å². The zero-order chi connectivity index (χ0) is 14.7. The number of benzene rings is 2. The average molecular weight is 297 g/mol. The number of hydrogen-bond donors (Lipinski definition) is 1. The van der Waals surface area contributed by atoms with Crippen molar-refractivity contribution in [1.29, 1.82) is 0 Å². The molecule has 1 N–H and O–H groups in total. The first-order valence-corrected chi connectivity index (χ1v) is 6.87. The minimum absolute atomic E-state index is 0.694. The third-order valence-electron chi connectivity index (χ3n) is 3.03. The molecular weight excluding hydrogens is 284 g/mol. The molecule has 0 aliphatic rings. The molecule has 104 valence electrons. The Labute approximate surface area is 127 Å². The van der Waals surface area contributed by atoms with Crippen LogP contribution in [0.4, 0.5) is 5.69 Å². The fraction of sp³-hybridized carbons (Fsp3) is 0.0625. The highest BCUT2D eigenvalue weighted by molar-refractivity contribution is 6.31. The van der Waals surface area contributed by atoms with Crippen LogP contribution in [0.3, 0.4) is 0 Å². The van der Waals surface area contributed by atoms with E-state index in [2.05, 4.69) is 20.5 Å². The summed E-state index contributed by atoms with van der Waals surface area (Å²) in [6, 6.07) is 13.4. The van der Waals surface area contributed by atoms with Crippen molar-refractivity contribution >= 4 is 34.5 Å². The second-order valence-corrected chi connectivity index (χ2v) is 5.02. The van der Waals surface area contributed by atoms with Gasteiger partial charge in [0, 0.05) is 5.02 Å². The third-order valence-corrected chi connectivity index (χ3v) is 3.44. The van der Waals surface area contributed by atoms with Gasteiger partial charge in [-0.05, 0) is 36.8 Å². The topological polar surface area (TPSA) is 50.2 Å². The number of rotatable bonds is 3. The number of nitrogens with zero attached hydrogens (tertiary/aromatic N) is 3. The molecule has 4 nitrogen and oxygen atoms in total. The molecule has 1 heterocycles. The van der Waals surface area contributed by atoms with Crippen molar-refractivity contribution in [1.82, 2.24) is 9.97 Å². The number of anilines is 1. The molecule has 0 amide bonds. The fourth-order valence-corrected chi connectivity index (χ4v) is 2.05. The molecule has 0 fully saturated rings. The molecule has 21 heavy (non-hydrogen) atoms. The van der Waals surface area contributed by atoms with Crippen molar-refractivity contribution < 1.29 is 0 Å². The maximum atomic E-state index is 6.06. The molecule has 3 rings (SSSR count). The molecule has 0 saturated carbocycles. The van der Waals surface area contributed by atoms with E-state index in [0.717, 1.165) is 22.3 Å². The fourth-order valence-electron chi connectivity index (χ4n) is 1.87. The Morgan fingerprint density at radius 3 is 2.76 bits per heavy atom. The molecule has 0 aliphatic heterocycles. The predicted octanol–water partition coefficient (Wildman–Crippen LogP) is 4.04. The monoisotopic (exact) mass is 296 g/mol. The predicted molar refractivity (Wildman–Crippen MR) is 86.9 cm³/mol. The minimum Gasteiger partial charge on any atom is -0.278 e. The molecule has 0 radical (unpaired) electrons. The lowest BCUT2D eigenvalue weighted by atomic mass is 10.2. The second kappa shape index (κ2) is 5.89. The van der Waals surface area contributed by atoms with E-state index in [9.17, 15) is 0 Å². The molecule has 0 aliphatic carbocycles. The number of hydrogen-bond acceptors (Lipinski definition) is 4. The second-order valence-electron chi connectivity index (χ2n) is 4.62. The maximum Gasteiger partial charge on any atom is 0.102 e. The van der Waals surface area contributed by atoms with Crippen molar-refractivity contribution in [3.63, 3.8) is 0 Å². The van der Waals surface area contributed by atoms with Crippen LogP contribution in [-0.2, 0) is 0 Å². The van der Waals surface area contributed by atoms with E-state index in [1.165, 1.54) is 0 Å². The lowest BCUT2D eigenvalue weighted by Gasteiger charge is -2.02. The van der Waals surface area contributed by atoms with Crippen molar-refractivity contribution in [2.24, 2.45) is 5.10 Å². The molecule has 0 unspecified atom stereocenters. The minimum atomic E-state index is 0.694. The Kier molecular flexibility index (Phi) is 3.79. The van der Waals surface area contributed by atoms with Gasteiger partial charge in [-0.2, -0.15) is 5.10 Å². The van der Waals surface area contributed by atoms with Crippen molar-refractivity contribution in [2.45, 2.75) is 6.92 Å². The van der Waals surface area contributed by atoms with Crippen LogP contribution in [0.15, 0.2) is 53.8 Å². The number of para-hydroxylation sites is 2. The number of aromatic nitrogens is 2. The number of hydrazone groups is 1. The van der Waals surface area contributed by atoms with Gasteiger partial charge in [0.1, 0.15) is 5.69 Å². The highest BCUT2D eigenvalue weighted by Gasteiger charge is 1.98. The van der Waals surface area contributed by atoms with Crippen LogP contribution < -0.4 is 5.43 Å². The quantitative estimate of drug-likeness (QED) is 0.586. The first-order valence-electron chi connectivity index (χ1n) is 6.49. The van der Waals surface area contributed by atoms with Crippen LogP contribution in [0.1, 0.15) is 11.3 Å². The molecule has 0 atom stereocenters. The summed E-state index contributed by atoms with van der Waals surface area (Å²) in [5.41, 5.74) is 7.20. The van der Waals surface area contributed by atoms with E-state index in [4.69, 9.17) is 11.6 Å². The Morgan fingerprint density at radius 2 is 1.95 bits per heavy atom. The Bertz CT molecular complexity index is 814. The number of aryl methyl sites for hydroxylation is 1. The summed E-state index contributed by atoms with van der Waals surface area (Å²) in [5.74, 6) is 0. The summed E-state index contributed by atoms with van der Waals surface area (Å²) < 4.78 is 0. The normalized spacial score (nSPS) is 11.1. The number of halogens is 1. The zero-order valence-corrected chi connectivity index (χ0v) is 12.2. The third kappa shape index (κ3) is 3.17. The van der Waals surface area contributed by atoms with Gasteiger partial charge in [-0.15, -0.1) is 0 Å². The van der Waals surface area contributed by atoms with Gasteiger partial charge in [0.25, 0.3) is 0 Å². The summed E-state index contributed by atoms with van der Waals surface area (Å²) in [4.78, 5) is 8.79. The van der Waals surface area contributed by atoms with E-state index >= 15 is 0 Å². The summed E-state index contributed by atoms with van der Waals surface area (Å²) in [6.45, 7) is 1.96. The Hall–Kier alpha value is -2.46. The van der Waals surface area contributed by atoms with E-state index in [0.29, 0.717) is 10.7 Å². The summed E-state index contributed by atoms with van der Waals surface area (Å²) in [6.07, 6.45) is 3.32. The molecule has 2 aromatic carbocycles. The largest absolute Gasteiger partial charge is 0.278 e. The molecular formula is C16H13ClN4. The van der Waals surface area contributed by atoms with Crippen LogP contribution in [0.25, 0.3) is 11.0 Å². The summed E-state index contributed by atoms with van der Waals surface area (Å²) in [5, 5.41) is 4.86. The van der Waals surface area contributed by atoms with Gasteiger partial charge >= 0.3 is 0 Å². The summed E-state index contributed by atoms with van der Waals surface area (Å²) in [7, 11) is 0. The molecule has 5 heteroatoms. The van der Waals surface area contributed by atoms with E-state index in [1.54, 1.807) is 12.4 Å². The van der Waals surface area contributed by atoms with E-state index < -0.39 is 0 Å². The molecule has 0 bridgehead atoms. The SMILES string of the molecule is Cc1ccc(N/N=C\c2cnc3ccccc3n2)cc1Cl. The maximum absolute atomic E-state index is 6.06. The lowest BCUT2D eigenvalue weighted by Crippen LogP contribution is -1.95. The van der Waals surface area contributed by atoms with Crippen LogP contribution >= 0.6 is 11.6 Å². The van der Waals surface area contributed by atoms with Crippen LogP contribution in [-0.4, -0.2) is 16.2 Å². The van der Waals surface area contributed by atoms with Crippen LogP contribution in [0, 0.1) is 6.92 Å². The van der Waals surface area contributed by atoms with Gasteiger partial charge in [0.2, 0.25) is 0 Å². The molecule has 0 saturated heterocycles. The van der Waals surface area contributed by atoms with Gasteiger partial charge in [0.15, 0.2) is 0 Å². The smallest absolute Gasteiger partial charge is 0.102 e. The zero-order valence-electron chi connectivity index (χ0n) is 11.4. The van der Waals surface area contributed by atoms with Crippen LogP contribution in [0.5, 0.6) is 0 Å². The molecule has 1 aromatic heterocycles. The van der Waals surface area contributed by atoms with Gasteiger partial charge in [-0.3, -0.25) is 10.4 Å². The highest BCUT2D eigenvalue weighted by atomic mass is 35.5. The Morgan fingerprint density at radius 1 is 1.14 bits per heavy atom. The van der Waals surface area contributed by atoms with Gasteiger partial charge < -0.3 is 0 Å². The molecule has 3 aromatic rings. The van der Waals surface area contributed by atoms with E-state index in [-0.39, 0.29) is 0 Å². The lowest BCUT2D eigenvalue weighted by molar-refractivity contribution is 1.26.